The minimum atomic E-state index is -0.209. The summed E-state index contributed by atoms with van der Waals surface area (Å²) in [5.74, 6) is 0.683. The van der Waals surface area contributed by atoms with Crippen molar-refractivity contribution in [3.8, 4) is 0 Å². The van der Waals surface area contributed by atoms with E-state index >= 15 is 0 Å². The standard InChI is InChI=1S/C17H26N2O/c1-12-4-5-14(13(2)10-12)6-9-16(20)19-17(3,11-18)15-7-8-15/h4-5,10,15H,6-9,11,18H2,1-3H3,(H,19,20). The molecule has 1 aliphatic carbocycles. The Hall–Kier alpha value is -1.35. The van der Waals surface area contributed by atoms with Crippen LogP contribution in [-0.2, 0) is 11.2 Å². The summed E-state index contributed by atoms with van der Waals surface area (Å²) in [6.07, 6.45) is 3.70. The molecule has 3 heteroatoms. The number of hydrogen-bond acceptors (Lipinski definition) is 2. The molecule has 1 aromatic carbocycles. The highest BCUT2D eigenvalue weighted by atomic mass is 16.1. The summed E-state index contributed by atoms with van der Waals surface area (Å²) in [5, 5.41) is 3.14. The minimum Gasteiger partial charge on any atom is -0.349 e. The van der Waals surface area contributed by atoms with Gasteiger partial charge in [0.25, 0.3) is 0 Å². The van der Waals surface area contributed by atoms with Crippen LogP contribution in [-0.4, -0.2) is 18.0 Å². The number of rotatable bonds is 6. The molecule has 3 N–H and O–H groups in total. The van der Waals surface area contributed by atoms with Gasteiger partial charge in [-0.3, -0.25) is 4.79 Å². The van der Waals surface area contributed by atoms with Gasteiger partial charge in [-0.25, -0.2) is 0 Å². The summed E-state index contributed by atoms with van der Waals surface area (Å²) in [4.78, 5) is 12.1. The Labute approximate surface area is 121 Å². The van der Waals surface area contributed by atoms with Gasteiger partial charge >= 0.3 is 0 Å². The zero-order valence-electron chi connectivity index (χ0n) is 12.8. The summed E-state index contributed by atoms with van der Waals surface area (Å²) >= 11 is 0. The average Bonchev–Trinajstić information content (AvgIpc) is 3.22. The van der Waals surface area contributed by atoms with Gasteiger partial charge in [0.1, 0.15) is 0 Å². The smallest absolute Gasteiger partial charge is 0.220 e. The van der Waals surface area contributed by atoms with Crippen molar-refractivity contribution in [2.45, 2.75) is 52.0 Å². The second-order valence-corrected chi connectivity index (χ2v) is 6.37. The van der Waals surface area contributed by atoms with Crippen LogP contribution in [0.25, 0.3) is 0 Å². The second kappa shape index (κ2) is 5.96. The predicted octanol–water partition coefficient (Wildman–Crippen LogP) is 2.48. The normalized spacial score (nSPS) is 17.6. The van der Waals surface area contributed by atoms with Gasteiger partial charge in [-0.2, -0.15) is 0 Å². The number of nitrogens with two attached hydrogens (primary N) is 1. The number of carbonyl (C=O) groups is 1. The van der Waals surface area contributed by atoms with Crippen molar-refractivity contribution in [2.75, 3.05) is 6.54 Å². The summed E-state index contributed by atoms with van der Waals surface area (Å²) in [6, 6.07) is 6.40. The zero-order valence-corrected chi connectivity index (χ0v) is 12.8. The molecule has 3 nitrogen and oxygen atoms in total. The van der Waals surface area contributed by atoms with Crippen LogP contribution in [0.5, 0.6) is 0 Å². The number of hydrogen-bond donors (Lipinski definition) is 2. The maximum Gasteiger partial charge on any atom is 0.220 e. The fourth-order valence-electron chi connectivity index (χ4n) is 2.80. The molecule has 0 radical (unpaired) electrons. The molecule has 0 saturated heterocycles. The molecule has 0 heterocycles. The van der Waals surface area contributed by atoms with Gasteiger partial charge in [0.05, 0.1) is 5.54 Å². The van der Waals surface area contributed by atoms with Gasteiger partial charge in [-0.1, -0.05) is 23.8 Å². The molecule has 0 bridgehead atoms. The highest BCUT2D eigenvalue weighted by Crippen LogP contribution is 2.39. The van der Waals surface area contributed by atoms with E-state index in [1.165, 1.54) is 29.5 Å². The molecule has 1 fully saturated rings. The van der Waals surface area contributed by atoms with Crippen LogP contribution in [0.15, 0.2) is 18.2 Å². The van der Waals surface area contributed by atoms with E-state index in [4.69, 9.17) is 5.73 Å². The molecule has 1 aliphatic rings. The zero-order chi connectivity index (χ0) is 14.8. The molecular formula is C17H26N2O. The molecule has 1 amide bonds. The van der Waals surface area contributed by atoms with E-state index in [0.29, 0.717) is 18.9 Å². The lowest BCUT2D eigenvalue weighted by molar-refractivity contribution is -0.123. The first kappa shape index (κ1) is 15.0. The van der Waals surface area contributed by atoms with Crippen LogP contribution in [0.4, 0.5) is 0 Å². The Morgan fingerprint density at radius 1 is 1.40 bits per heavy atom. The Kier molecular flexibility index (Phi) is 4.48. The molecule has 0 spiro atoms. The maximum absolute atomic E-state index is 12.1. The van der Waals surface area contributed by atoms with Crippen molar-refractivity contribution in [3.05, 3.63) is 34.9 Å². The number of nitrogens with one attached hydrogen (secondary N) is 1. The monoisotopic (exact) mass is 274 g/mol. The van der Waals surface area contributed by atoms with Gasteiger partial charge in [-0.15, -0.1) is 0 Å². The number of aryl methyl sites for hydroxylation is 3. The topological polar surface area (TPSA) is 55.1 Å². The van der Waals surface area contributed by atoms with Crippen LogP contribution in [0.3, 0.4) is 0 Å². The lowest BCUT2D eigenvalue weighted by Crippen LogP contribution is -2.53. The molecule has 1 saturated carbocycles. The molecule has 110 valence electrons. The van der Waals surface area contributed by atoms with Crippen molar-refractivity contribution in [2.24, 2.45) is 11.7 Å². The summed E-state index contributed by atoms with van der Waals surface area (Å²) in [5.41, 5.74) is 9.41. The Bertz CT molecular complexity index is 494. The molecule has 1 aromatic rings. The SMILES string of the molecule is Cc1ccc(CCC(=O)NC(C)(CN)C2CC2)c(C)c1. The van der Waals surface area contributed by atoms with Crippen LogP contribution >= 0.6 is 0 Å². The van der Waals surface area contributed by atoms with Crippen molar-refractivity contribution in [3.63, 3.8) is 0 Å². The van der Waals surface area contributed by atoms with Gasteiger partial charge in [-0.05, 0) is 57.1 Å². The van der Waals surface area contributed by atoms with E-state index in [0.717, 1.165) is 6.42 Å². The molecule has 1 atom stereocenters. The van der Waals surface area contributed by atoms with Crippen molar-refractivity contribution in [1.82, 2.24) is 5.32 Å². The minimum absolute atomic E-state index is 0.116. The lowest BCUT2D eigenvalue weighted by Gasteiger charge is -2.29. The highest BCUT2D eigenvalue weighted by Gasteiger charge is 2.41. The predicted molar refractivity (Wildman–Crippen MR) is 82.6 cm³/mol. The van der Waals surface area contributed by atoms with Crippen LogP contribution in [0, 0.1) is 19.8 Å². The van der Waals surface area contributed by atoms with Crippen molar-refractivity contribution >= 4 is 5.91 Å². The van der Waals surface area contributed by atoms with Gasteiger partial charge in [0.2, 0.25) is 5.91 Å². The third kappa shape index (κ3) is 3.60. The third-order valence-electron chi connectivity index (χ3n) is 4.45. The van der Waals surface area contributed by atoms with E-state index in [2.05, 4.69) is 44.3 Å². The summed E-state index contributed by atoms with van der Waals surface area (Å²) in [7, 11) is 0. The molecule has 20 heavy (non-hydrogen) atoms. The fraction of sp³-hybridized carbons (Fsp3) is 0.588. The summed E-state index contributed by atoms with van der Waals surface area (Å²) < 4.78 is 0. The first-order valence-electron chi connectivity index (χ1n) is 7.52. The van der Waals surface area contributed by atoms with Crippen molar-refractivity contribution in [1.29, 1.82) is 0 Å². The molecule has 0 aromatic heterocycles. The van der Waals surface area contributed by atoms with Crippen molar-refractivity contribution < 1.29 is 4.79 Å². The second-order valence-electron chi connectivity index (χ2n) is 6.37. The fourth-order valence-corrected chi connectivity index (χ4v) is 2.80. The molecule has 1 unspecified atom stereocenters. The molecule has 0 aliphatic heterocycles. The highest BCUT2D eigenvalue weighted by molar-refractivity contribution is 5.77. The average molecular weight is 274 g/mol. The Morgan fingerprint density at radius 3 is 2.65 bits per heavy atom. The largest absolute Gasteiger partial charge is 0.349 e. The van der Waals surface area contributed by atoms with E-state index < -0.39 is 0 Å². The first-order valence-corrected chi connectivity index (χ1v) is 7.52. The Morgan fingerprint density at radius 2 is 2.10 bits per heavy atom. The number of carbonyl (C=O) groups excluding carboxylic acids is 1. The first-order chi connectivity index (χ1) is 9.44. The molecular weight excluding hydrogens is 248 g/mol. The van der Waals surface area contributed by atoms with E-state index in [1.54, 1.807) is 0 Å². The number of benzene rings is 1. The van der Waals surface area contributed by atoms with Gasteiger partial charge < -0.3 is 11.1 Å². The van der Waals surface area contributed by atoms with Gasteiger partial charge in [0, 0.05) is 13.0 Å². The summed E-state index contributed by atoms with van der Waals surface area (Å²) in [6.45, 7) is 6.78. The number of amides is 1. The third-order valence-corrected chi connectivity index (χ3v) is 4.45. The quantitative estimate of drug-likeness (QED) is 0.837. The van der Waals surface area contributed by atoms with Gasteiger partial charge in [0.15, 0.2) is 0 Å². The lowest BCUT2D eigenvalue weighted by atomic mass is 9.95. The Balaban J connectivity index is 1.88. The van der Waals surface area contributed by atoms with Crippen LogP contribution < -0.4 is 11.1 Å². The molecule has 2 rings (SSSR count). The maximum atomic E-state index is 12.1. The van der Waals surface area contributed by atoms with E-state index in [9.17, 15) is 4.79 Å². The van der Waals surface area contributed by atoms with Crippen LogP contribution in [0.1, 0.15) is 42.9 Å². The van der Waals surface area contributed by atoms with Crippen LogP contribution in [0.2, 0.25) is 0 Å². The van der Waals surface area contributed by atoms with E-state index in [-0.39, 0.29) is 11.4 Å². The van der Waals surface area contributed by atoms with E-state index in [1.807, 2.05) is 0 Å².